The molecule has 5 nitrogen and oxygen atoms in total. The van der Waals surface area contributed by atoms with Crippen molar-refractivity contribution in [2.45, 2.75) is 30.3 Å². The lowest BCUT2D eigenvalue weighted by atomic mass is 9.92. The molecule has 0 saturated carbocycles. The number of nitrogens with two attached hydrogens (primary N) is 1. The van der Waals surface area contributed by atoms with Crippen LogP contribution in [0.2, 0.25) is 0 Å². The van der Waals surface area contributed by atoms with E-state index in [0.717, 1.165) is 6.42 Å². The Labute approximate surface area is 107 Å². The van der Waals surface area contributed by atoms with Gasteiger partial charge in [-0.15, -0.1) is 0 Å². The molecular formula is C12H18N2O3S. The number of rotatable bonds is 4. The number of aliphatic hydroxyl groups is 1. The lowest BCUT2D eigenvalue weighted by Crippen LogP contribution is -2.63. The molecule has 18 heavy (non-hydrogen) atoms. The third kappa shape index (κ3) is 2.36. The van der Waals surface area contributed by atoms with Crippen LogP contribution in [0.3, 0.4) is 0 Å². The van der Waals surface area contributed by atoms with Gasteiger partial charge in [0.05, 0.1) is 10.5 Å². The van der Waals surface area contributed by atoms with E-state index < -0.39 is 15.6 Å². The van der Waals surface area contributed by atoms with Gasteiger partial charge in [0.1, 0.15) is 0 Å². The Morgan fingerprint density at radius 3 is 2.67 bits per heavy atom. The van der Waals surface area contributed by atoms with E-state index >= 15 is 0 Å². The highest BCUT2D eigenvalue weighted by Gasteiger charge is 2.46. The molecule has 1 aliphatic rings. The first-order valence-electron chi connectivity index (χ1n) is 5.95. The Balaban J connectivity index is 2.15. The Hall–Kier alpha value is -1.11. The van der Waals surface area contributed by atoms with Gasteiger partial charge < -0.3 is 10.8 Å². The van der Waals surface area contributed by atoms with Crippen molar-refractivity contribution in [2.75, 3.05) is 18.8 Å². The summed E-state index contributed by atoms with van der Waals surface area (Å²) in [5.74, 6) is 0. The minimum absolute atomic E-state index is 0.165. The van der Waals surface area contributed by atoms with Crippen molar-refractivity contribution < 1.29 is 13.5 Å². The van der Waals surface area contributed by atoms with Crippen LogP contribution < -0.4 is 5.73 Å². The summed E-state index contributed by atoms with van der Waals surface area (Å²) in [7, 11) is -3.52. The Bertz CT molecular complexity index is 536. The highest BCUT2D eigenvalue weighted by atomic mass is 32.2. The zero-order valence-corrected chi connectivity index (χ0v) is 11.2. The van der Waals surface area contributed by atoms with Crippen molar-refractivity contribution in [1.29, 1.82) is 0 Å². The van der Waals surface area contributed by atoms with Crippen LogP contribution in [-0.4, -0.2) is 36.5 Å². The molecule has 0 amide bonds. The van der Waals surface area contributed by atoms with E-state index in [0.29, 0.717) is 12.1 Å². The lowest BCUT2D eigenvalue weighted by molar-refractivity contribution is -0.0653. The summed E-state index contributed by atoms with van der Waals surface area (Å²) >= 11 is 0. The van der Waals surface area contributed by atoms with Crippen molar-refractivity contribution in [3.05, 3.63) is 24.3 Å². The molecule has 0 radical (unpaired) electrons. The van der Waals surface area contributed by atoms with Crippen LogP contribution in [0, 0.1) is 0 Å². The number of hydrogen-bond acceptors (Lipinski definition) is 4. The Morgan fingerprint density at radius 1 is 1.44 bits per heavy atom. The van der Waals surface area contributed by atoms with Gasteiger partial charge in [0.15, 0.2) is 0 Å². The van der Waals surface area contributed by atoms with Gasteiger partial charge in [-0.1, -0.05) is 19.4 Å². The molecule has 0 spiro atoms. The van der Waals surface area contributed by atoms with Crippen LogP contribution in [0.15, 0.2) is 29.2 Å². The molecule has 1 aliphatic heterocycles. The predicted octanol–water partition coefficient (Wildman–Crippen LogP) is 0.804. The molecule has 6 heteroatoms. The molecule has 2 rings (SSSR count). The average Bonchev–Trinajstić information content (AvgIpc) is 2.26. The van der Waals surface area contributed by atoms with Gasteiger partial charge in [0, 0.05) is 18.8 Å². The number of sulfonamides is 1. The van der Waals surface area contributed by atoms with Gasteiger partial charge in [0.2, 0.25) is 10.0 Å². The van der Waals surface area contributed by atoms with Crippen LogP contribution in [-0.2, 0) is 10.0 Å². The number of nitrogens with zero attached hydrogens (tertiary/aromatic N) is 1. The summed E-state index contributed by atoms with van der Waals surface area (Å²) < 4.78 is 25.7. The molecule has 0 aromatic heterocycles. The number of nitrogen functional groups attached to an aromatic ring is 1. The van der Waals surface area contributed by atoms with E-state index in [9.17, 15) is 13.5 Å². The molecule has 1 aromatic rings. The smallest absolute Gasteiger partial charge is 0.243 e. The minimum atomic E-state index is -3.52. The van der Waals surface area contributed by atoms with Crippen molar-refractivity contribution in [1.82, 2.24) is 4.31 Å². The standard InChI is InChI=1S/C12H18N2O3S/c1-2-6-12(15)8-14(9-12)18(16,17)11-5-3-4-10(13)7-11/h3-5,7,15H,2,6,8-9,13H2,1H3. The molecule has 1 heterocycles. The number of benzene rings is 1. The van der Waals surface area contributed by atoms with Crippen LogP contribution >= 0.6 is 0 Å². The molecule has 0 aliphatic carbocycles. The summed E-state index contributed by atoms with van der Waals surface area (Å²) in [5, 5.41) is 10.0. The maximum absolute atomic E-state index is 12.2. The van der Waals surface area contributed by atoms with E-state index in [2.05, 4.69) is 0 Å². The van der Waals surface area contributed by atoms with Crippen molar-refractivity contribution in [2.24, 2.45) is 0 Å². The van der Waals surface area contributed by atoms with Crippen LogP contribution in [0.5, 0.6) is 0 Å². The fourth-order valence-corrected chi connectivity index (χ4v) is 3.88. The number of β-amino-alcohol motifs (C(OH)–C–C–N with tert-alkyl or cyclic N) is 1. The number of anilines is 1. The van der Waals surface area contributed by atoms with E-state index in [4.69, 9.17) is 5.73 Å². The summed E-state index contributed by atoms with van der Waals surface area (Å²) in [6, 6.07) is 6.21. The highest BCUT2D eigenvalue weighted by molar-refractivity contribution is 7.89. The first kappa shape index (κ1) is 13.3. The zero-order valence-electron chi connectivity index (χ0n) is 10.3. The fourth-order valence-electron chi connectivity index (χ4n) is 2.23. The normalized spacial score (nSPS) is 19.4. The van der Waals surface area contributed by atoms with Gasteiger partial charge in [-0.25, -0.2) is 8.42 Å². The second-order valence-corrected chi connectivity index (χ2v) is 6.76. The molecule has 100 valence electrons. The number of hydrogen-bond donors (Lipinski definition) is 2. The third-order valence-electron chi connectivity index (χ3n) is 3.15. The molecule has 1 aromatic carbocycles. The lowest BCUT2D eigenvalue weighted by Gasteiger charge is -2.45. The molecule has 0 atom stereocenters. The van der Waals surface area contributed by atoms with Crippen LogP contribution in [0.4, 0.5) is 5.69 Å². The van der Waals surface area contributed by atoms with E-state index in [1.54, 1.807) is 12.1 Å². The second-order valence-electron chi connectivity index (χ2n) is 4.82. The molecule has 0 unspecified atom stereocenters. The quantitative estimate of drug-likeness (QED) is 0.793. The van der Waals surface area contributed by atoms with Crippen LogP contribution in [0.1, 0.15) is 19.8 Å². The molecule has 3 N–H and O–H groups in total. The van der Waals surface area contributed by atoms with Gasteiger partial charge in [-0.3, -0.25) is 0 Å². The van der Waals surface area contributed by atoms with Gasteiger partial charge >= 0.3 is 0 Å². The van der Waals surface area contributed by atoms with E-state index in [-0.39, 0.29) is 18.0 Å². The van der Waals surface area contributed by atoms with E-state index in [1.165, 1.54) is 16.4 Å². The maximum atomic E-state index is 12.2. The topological polar surface area (TPSA) is 83.6 Å². The maximum Gasteiger partial charge on any atom is 0.243 e. The van der Waals surface area contributed by atoms with Crippen LogP contribution in [0.25, 0.3) is 0 Å². The summed E-state index contributed by atoms with van der Waals surface area (Å²) in [6.07, 6.45) is 1.46. The molecule has 1 saturated heterocycles. The monoisotopic (exact) mass is 270 g/mol. The first-order valence-corrected chi connectivity index (χ1v) is 7.39. The SMILES string of the molecule is CCCC1(O)CN(S(=O)(=O)c2cccc(N)c2)C1. The largest absolute Gasteiger partial charge is 0.399 e. The summed E-state index contributed by atoms with van der Waals surface area (Å²) in [5.41, 5.74) is 5.14. The van der Waals surface area contributed by atoms with Gasteiger partial charge in [-0.05, 0) is 24.6 Å². The van der Waals surface area contributed by atoms with Gasteiger partial charge in [0.25, 0.3) is 0 Å². The van der Waals surface area contributed by atoms with E-state index in [1.807, 2.05) is 6.92 Å². The fraction of sp³-hybridized carbons (Fsp3) is 0.500. The molecular weight excluding hydrogens is 252 g/mol. The average molecular weight is 270 g/mol. The highest BCUT2D eigenvalue weighted by Crippen LogP contribution is 2.31. The Morgan fingerprint density at radius 2 is 2.11 bits per heavy atom. The third-order valence-corrected chi connectivity index (χ3v) is 4.94. The predicted molar refractivity (Wildman–Crippen MR) is 69.5 cm³/mol. The molecule has 1 fully saturated rings. The Kier molecular flexibility index (Phi) is 3.35. The van der Waals surface area contributed by atoms with Crippen molar-refractivity contribution >= 4 is 15.7 Å². The van der Waals surface area contributed by atoms with Gasteiger partial charge in [-0.2, -0.15) is 4.31 Å². The summed E-state index contributed by atoms with van der Waals surface area (Å²) in [6.45, 7) is 2.29. The zero-order chi connectivity index (χ0) is 13.4. The van der Waals surface area contributed by atoms with Crippen molar-refractivity contribution in [3.63, 3.8) is 0 Å². The second kappa shape index (κ2) is 4.53. The summed E-state index contributed by atoms with van der Waals surface area (Å²) in [4.78, 5) is 0.182. The van der Waals surface area contributed by atoms with Crippen molar-refractivity contribution in [3.8, 4) is 0 Å². The first-order chi connectivity index (χ1) is 8.37. The molecule has 0 bridgehead atoms. The minimum Gasteiger partial charge on any atom is -0.399 e.